The Morgan fingerprint density at radius 2 is 2.12 bits per heavy atom. The summed E-state index contributed by atoms with van der Waals surface area (Å²) in [5.41, 5.74) is 2.50. The van der Waals surface area contributed by atoms with Gasteiger partial charge in [0.05, 0.1) is 18.5 Å². The van der Waals surface area contributed by atoms with Crippen molar-refractivity contribution >= 4 is 33.4 Å². The predicted octanol–water partition coefficient (Wildman–Crippen LogP) is 3.93. The molecule has 0 bridgehead atoms. The molecule has 3 rings (SSSR count). The number of halogens is 2. The number of carbonyl (C=O) groups excluding carboxylic acids is 1. The van der Waals surface area contributed by atoms with Crippen molar-refractivity contribution < 1.29 is 9.53 Å². The molecule has 1 heterocycles. The van der Waals surface area contributed by atoms with Crippen LogP contribution < -0.4 is 10.1 Å². The fourth-order valence-electron chi connectivity index (χ4n) is 2.54. The second-order valence-electron chi connectivity index (χ2n) is 5.55. The number of amides is 1. The van der Waals surface area contributed by atoms with Gasteiger partial charge in [0.2, 0.25) is 0 Å². The van der Waals surface area contributed by atoms with E-state index in [2.05, 4.69) is 31.6 Å². The third kappa shape index (κ3) is 3.89. The van der Waals surface area contributed by atoms with E-state index in [9.17, 15) is 4.79 Å². The van der Waals surface area contributed by atoms with Crippen molar-refractivity contribution in [2.45, 2.75) is 13.5 Å². The Balaban J connectivity index is 1.78. The van der Waals surface area contributed by atoms with Crippen LogP contribution in [-0.2, 0) is 6.54 Å². The molecule has 26 heavy (non-hydrogen) atoms. The van der Waals surface area contributed by atoms with Gasteiger partial charge >= 0.3 is 0 Å². The van der Waals surface area contributed by atoms with Crippen molar-refractivity contribution in [1.29, 1.82) is 0 Å². The molecule has 0 aliphatic rings. The van der Waals surface area contributed by atoms with Crippen LogP contribution in [0.15, 0.2) is 46.9 Å². The fourth-order valence-corrected chi connectivity index (χ4v) is 3.13. The highest BCUT2D eigenvalue weighted by Crippen LogP contribution is 2.23. The molecule has 0 unspecified atom stereocenters. The molecule has 0 saturated heterocycles. The maximum Gasteiger partial charge on any atom is 0.274 e. The minimum atomic E-state index is -0.308. The molecule has 0 aliphatic heterocycles. The summed E-state index contributed by atoms with van der Waals surface area (Å²) in [5.74, 6) is 0.394. The Morgan fingerprint density at radius 1 is 1.31 bits per heavy atom. The van der Waals surface area contributed by atoms with Gasteiger partial charge in [-0.25, -0.2) is 4.68 Å². The average Bonchev–Trinajstić information content (AvgIpc) is 3.01. The zero-order chi connectivity index (χ0) is 18.7. The summed E-state index contributed by atoms with van der Waals surface area (Å²) in [4.78, 5) is 12.5. The Morgan fingerprint density at radius 3 is 2.85 bits per heavy atom. The number of hydrogen-bond acceptors (Lipinski definition) is 4. The Kier molecular flexibility index (Phi) is 5.58. The summed E-state index contributed by atoms with van der Waals surface area (Å²) in [6, 6.07) is 12.8. The van der Waals surface area contributed by atoms with Crippen LogP contribution in [0.3, 0.4) is 0 Å². The van der Waals surface area contributed by atoms with Crippen molar-refractivity contribution in [3.8, 4) is 11.4 Å². The smallest absolute Gasteiger partial charge is 0.274 e. The molecule has 0 aliphatic carbocycles. The highest BCUT2D eigenvalue weighted by molar-refractivity contribution is 9.10. The summed E-state index contributed by atoms with van der Waals surface area (Å²) in [5, 5.41) is 11.5. The second-order valence-corrected chi connectivity index (χ2v) is 6.91. The van der Waals surface area contributed by atoms with E-state index in [4.69, 9.17) is 16.3 Å². The molecular formula is C18H16BrClN4O2. The first kappa shape index (κ1) is 18.4. The maximum atomic E-state index is 12.5. The van der Waals surface area contributed by atoms with Crippen LogP contribution in [0.1, 0.15) is 21.7 Å². The molecule has 3 aromatic rings. The number of ether oxygens (including phenoxy) is 1. The third-order valence-electron chi connectivity index (χ3n) is 3.84. The molecule has 2 aromatic carbocycles. The van der Waals surface area contributed by atoms with E-state index >= 15 is 0 Å². The van der Waals surface area contributed by atoms with Gasteiger partial charge in [-0.15, -0.1) is 5.10 Å². The Bertz CT molecular complexity index is 958. The van der Waals surface area contributed by atoms with E-state index in [0.29, 0.717) is 23.0 Å². The number of carbonyl (C=O) groups is 1. The molecule has 0 atom stereocenters. The van der Waals surface area contributed by atoms with Gasteiger partial charge in [0.25, 0.3) is 5.91 Å². The van der Waals surface area contributed by atoms with Gasteiger partial charge in [-0.05, 0) is 43.3 Å². The summed E-state index contributed by atoms with van der Waals surface area (Å²) in [6.45, 7) is 2.10. The minimum absolute atomic E-state index is 0.263. The Hall–Kier alpha value is -2.38. The van der Waals surface area contributed by atoms with E-state index in [1.807, 2.05) is 30.3 Å². The van der Waals surface area contributed by atoms with Crippen molar-refractivity contribution in [1.82, 2.24) is 20.3 Å². The van der Waals surface area contributed by atoms with Crippen molar-refractivity contribution in [2.24, 2.45) is 0 Å². The molecule has 0 spiro atoms. The molecule has 0 saturated carbocycles. The normalized spacial score (nSPS) is 10.6. The van der Waals surface area contributed by atoms with Crippen LogP contribution in [-0.4, -0.2) is 28.0 Å². The first-order chi connectivity index (χ1) is 12.5. The summed E-state index contributed by atoms with van der Waals surface area (Å²) >= 11 is 9.44. The van der Waals surface area contributed by atoms with Gasteiger partial charge in [-0.1, -0.05) is 38.8 Å². The largest absolute Gasteiger partial charge is 0.496 e. The monoisotopic (exact) mass is 434 g/mol. The van der Waals surface area contributed by atoms with E-state index in [-0.39, 0.29) is 11.6 Å². The fraction of sp³-hybridized carbons (Fsp3) is 0.167. The number of aromatic nitrogens is 3. The standard InChI is InChI=1S/C18H16BrClN4O2/c1-11-17(22-23-24(11)15-5-3-4-14(20)9-15)18(25)21-10-12-8-13(19)6-7-16(12)26-2/h3-9H,10H2,1-2H3,(H,21,25). The van der Waals surface area contributed by atoms with Crippen LogP contribution >= 0.6 is 27.5 Å². The number of nitrogens with one attached hydrogen (secondary N) is 1. The molecule has 1 aromatic heterocycles. The number of benzene rings is 2. The molecular weight excluding hydrogens is 420 g/mol. The van der Waals surface area contributed by atoms with Gasteiger partial charge in [0.1, 0.15) is 5.75 Å². The van der Waals surface area contributed by atoms with Gasteiger partial charge in [0, 0.05) is 21.6 Å². The molecule has 8 heteroatoms. The summed E-state index contributed by atoms with van der Waals surface area (Å²) in [6.07, 6.45) is 0. The zero-order valence-electron chi connectivity index (χ0n) is 14.2. The van der Waals surface area contributed by atoms with Crippen LogP contribution in [0, 0.1) is 6.92 Å². The van der Waals surface area contributed by atoms with Crippen molar-refractivity contribution in [3.05, 3.63) is 68.9 Å². The lowest BCUT2D eigenvalue weighted by molar-refractivity contribution is 0.0945. The predicted molar refractivity (Wildman–Crippen MR) is 103 cm³/mol. The topological polar surface area (TPSA) is 69.0 Å². The van der Waals surface area contributed by atoms with Gasteiger partial charge in [-0.3, -0.25) is 4.79 Å². The van der Waals surface area contributed by atoms with Crippen molar-refractivity contribution in [3.63, 3.8) is 0 Å². The SMILES string of the molecule is COc1ccc(Br)cc1CNC(=O)c1nnn(-c2cccc(Cl)c2)c1C. The van der Waals surface area contributed by atoms with Crippen LogP contribution in [0.5, 0.6) is 5.75 Å². The molecule has 6 nitrogen and oxygen atoms in total. The highest BCUT2D eigenvalue weighted by Gasteiger charge is 2.18. The van der Waals surface area contributed by atoms with E-state index in [0.717, 1.165) is 15.7 Å². The minimum Gasteiger partial charge on any atom is -0.496 e. The lowest BCUT2D eigenvalue weighted by atomic mass is 10.2. The van der Waals surface area contributed by atoms with E-state index < -0.39 is 0 Å². The van der Waals surface area contributed by atoms with Gasteiger partial charge < -0.3 is 10.1 Å². The summed E-state index contributed by atoms with van der Waals surface area (Å²) in [7, 11) is 1.59. The number of hydrogen-bond donors (Lipinski definition) is 1. The van der Waals surface area contributed by atoms with Crippen LogP contribution in [0.4, 0.5) is 0 Å². The third-order valence-corrected chi connectivity index (χ3v) is 4.57. The lowest BCUT2D eigenvalue weighted by Crippen LogP contribution is -2.24. The zero-order valence-corrected chi connectivity index (χ0v) is 16.5. The molecule has 1 N–H and O–H groups in total. The maximum absolute atomic E-state index is 12.5. The quantitative estimate of drug-likeness (QED) is 0.659. The number of nitrogens with zero attached hydrogens (tertiary/aromatic N) is 3. The van der Waals surface area contributed by atoms with Crippen LogP contribution in [0.2, 0.25) is 5.02 Å². The first-order valence-electron chi connectivity index (χ1n) is 7.78. The average molecular weight is 436 g/mol. The number of methoxy groups -OCH3 is 1. The molecule has 1 amide bonds. The Labute approximate surface area is 164 Å². The molecule has 0 radical (unpaired) electrons. The highest BCUT2D eigenvalue weighted by atomic mass is 79.9. The first-order valence-corrected chi connectivity index (χ1v) is 8.95. The van der Waals surface area contributed by atoms with Gasteiger partial charge in [-0.2, -0.15) is 0 Å². The van der Waals surface area contributed by atoms with Crippen LogP contribution in [0.25, 0.3) is 5.69 Å². The van der Waals surface area contributed by atoms with Gasteiger partial charge in [0.15, 0.2) is 5.69 Å². The van der Waals surface area contributed by atoms with E-state index in [1.54, 1.807) is 30.8 Å². The molecule has 0 fully saturated rings. The lowest BCUT2D eigenvalue weighted by Gasteiger charge is -2.10. The molecule has 134 valence electrons. The second kappa shape index (κ2) is 7.88. The number of rotatable bonds is 5. The van der Waals surface area contributed by atoms with E-state index in [1.165, 1.54) is 0 Å². The van der Waals surface area contributed by atoms with Crippen molar-refractivity contribution in [2.75, 3.05) is 7.11 Å². The summed E-state index contributed by atoms with van der Waals surface area (Å²) < 4.78 is 7.81.